The summed E-state index contributed by atoms with van der Waals surface area (Å²) in [7, 11) is 1.55. The van der Waals surface area contributed by atoms with E-state index >= 15 is 0 Å². The van der Waals surface area contributed by atoms with Gasteiger partial charge in [-0.25, -0.2) is 4.79 Å². The number of carbonyl (C=O) groups is 3. The van der Waals surface area contributed by atoms with E-state index in [4.69, 9.17) is 10.5 Å². The van der Waals surface area contributed by atoms with Crippen molar-refractivity contribution in [1.82, 2.24) is 15.5 Å². The molecule has 1 aromatic rings. The maximum absolute atomic E-state index is 12.8. The Morgan fingerprint density at radius 2 is 2.04 bits per heavy atom. The van der Waals surface area contributed by atoms with Gasteiger partial charge in [0.1, 0.15) is 17.8 Å². The topological polar surface area (TPSA) is 114 Å². The van der Waals surface area contributed by atoms with Crippen LogP contribution in [0.25, 0.3) is 0 Å². The van der Waals surface area contributed by atoms with Gasteiger partial charge in [-0.05, 0) is 43.4 Å². The van der Waals surface area contributed by atoms with Crippen molar-refractivity contribution in [3.8, 4) is 5.75 Å². The maximum atomic E-state index is 12.8. The van der Waals surface area contributed by atoms with Gasteiger partial charge in [0, 0.05) is 12.6 Å². The lowest BCUT2D eigenvalue weighted by Crippen LogP contribution is -2.48. The molecular formula is C18H24N4O4. The molecule has 8 heteroatoms. The highest BCUT2D eigenvalue weighted by atomic mass is 16.5. The van der Waals surface area contributed by atoms with Crippen LogP contribution >= 0.6 is 0 Å². The van der Waals surface area contributed by atoms with Crippen molar-refractivity contribution >= 4 is 17.8 Å². The number of hydrogen-bond donors (Lipinski definition) is 3. The number of nitrogens with zero attached hydrogens (tertiary/aromatic N) is 1. The monoisotopic (exact) mass is 360 g/mol. The van der Waals surface area contributed by atoms with E-state index in [9.17, 15) is 14.4 Å². The molecule has 2 atom stereocenters. The molecule has 8 nitrogen and oxygen atoms in total. The third-order valence-electron chi connectivity index (χ3n) is 5.04. The lowest BCUT2D eigenvalue weighted by atomic mass is 9.92. The number of imide groups is 1. The molecule has 1 aliphatic heterocycles. The molecule has 2 aliphatic rings. The van der Waals surface area contributed by atoms with Crippen LogP contribution in [0.5, 0.6) is 5.75 Å². The van der Waals surface area contributed by atoms with Gasteiger partial charge in [0.15, 0.2) is 0 Å². The van der Waals surface area contributed by atoms with Crippen LogP contribution in [0.15, 0.2) is 24.3 Å². The molecule has 0 bridgehead atoms. The molecule has 3 rings (SSSR count). The van der Waals surface area contributed by atoms with E-state index in [-0.39, 0.29) is 18.5 Å². The van der Waals surface area contributed by atoms with Crippen LogP contribution in [0.4, 0.5) is 4.79 Å². The second-order valence-corrected chi connectivity index (χ2v) is 6.92. The molecule has 1 heterocycles. The van der Waals surface area contributed by atoms with Gasteiger partial charge in [-0.3, -0.25) is 14.5 Å². The average Bonchev–Trinajstić information content (AvgIpc) is 3.45. The number of nitrogens with one attached hydrogen (secondary N) is 2. The Bertz CT molecular complexity index is 716. The number of urea groups is 1. The summed E-state index contributed by atoms with van der Waals surface area (Å²) >= 11 is 0. The summed E-state index contributed by atoms with van der Waals surface area (Å²) in [6, 6.07) is 6.19. The van der Waals surface area contributed by atoms with Crippen LogP contribution in [0.3, 0.4) is 0 Å². The Morgan fingerprint density at radius 1 is 1.38 bits per heavy atom. The molecule has 0 spiro atoms. The smallest absolute Gasteiger partial charge is 0.325 e. The summed E-state index contributed by atoms with van der Waals surface area (Å²) < 4.78 is 5.11. The zero-order chi connectivity index (χ0) is 18.9. The van der Waals surface area contributed by atoms with Gasteiger partial charge < -0.3 is 21.1 Å². The van der Waals surface area contributed by atoms with E-state index in [1.807, 2.05) is 0 Å². The van der Waals surface area contributed by atoms with Gasteiger partial charge in [0.2, 0.25) is 5.91 Å². The SMILES string of the molecule is COc1ccc(C2(C)NC(=O)N(CC(=O)NC(CN)C3CC3)C2=O)cc1. The van der Waals surface area contributed by atoms with E-state index in [1.54, 1.807) is 38.3 Å². The molecule has 140 valence electrons. The number of nitrogens with two attached hydrogens (primary N) is 1. The first-order valence-corrected chi connectivity index (χ1v) is 8.67. The molecule has 0 radical (unpaired) electrons. The van der Waals surface area contributed by atoms with E-state index < -0.39 is 17.5 Å². The molecule has 4 amide bonds. The van der Waals surface area contributed by atoms with Gasteiger partial charge in [0.05, 0.1) is 7.11 Å². The second kappa shape index (κ2) is 6.95. The molecule has 0 aromatic heterocycles. The standard InChI is InChI=1S/C18H24N4O4/c1-18(12-5-7-13(26-2)8-6-12)16(24)22(17(25)21-18)10-15(23)20-14(9-19)11-3-4-11/h5-8,11,14H,3-4,9-10,19H2,1-2H3,(H,20,23)(H,21,25). The highest BCUT2D eigenvalue weighted by Crippen LogP contribution is 2.32. The molecule has 1 aromatic carbocycles. The molecule has 1 aliphatic carbocycles. The van der Waals surface area contributed by atoms with Crippen molar-refractivity contribution in [1.29, 1.82) is 0 Å². The Kier molecular flexibility index (Phi) is 4.86. The van der Waals surface area contributed by atoms with Crippen LogP contribution in [0.1, 0.15) is 25.3 Å². The lowest BCUT2D eigenvalue weighted by Gasteiger charge is -2.23. The fraction of sp³-hybridized carbons (Fsp3) is 0.500. The number of benzene rings is 1. The van der Waals surface area contributed by atoms with Crippen molar-refractivity contribution in [3.05, 3.63) is 29.8 Å². The molecule has 1 saturated heterocycles. The third-order valence-corrected chi connectivity index (χ3v) is 5.04. The van der Waals surface area contributed by atoms with Crippen LogP contribution in [-0.2, 0) is 15.1 Å². The maximum Gasteiger partial charge on any atom is 0.325 e. The molecule has 26 heavy (non-hydrogen) atoms. The van der Waals surface area contributed by atoms with Crippen molar-refractivity contribution in [2.24, 2.45) is 11.7 Å². The molecule has 2 fully saturated rings. The predicted molar refractivity (Wildman–Crippen MR) is 94.3 cm³/mol. The number of rotatable bonds is 7. The second-order valence-electron chi connectivity index (χ2n) is 6.92. The lowest BCUT2D eigenvalue weighted by molar-refractivity contribution is -0.135. The van der Waals surface area contributed by atoms with Crippen LogP contribution < -0.4 is 21.1 Å². The van der Waals surface area contributed by atoms with E-state index in [1.165, 1.54) is 0 Å². The quantitative estimate of drug-likeness (QED) is 0.606. The fourth-order valence-corrected chi connectivity index (χ4v) is 3.22. The first kappa shape index (κ1) is 18.2. The number of carbonyl (C=O) groups excluding carboxylic acids is 3. The van der Waals surface area contributed by atoms with Gasteiger partial charge in [-0.1, -0.05) is 12.1 Å². The van der Waals surface area contributed by atoms with Crippen molar-refractivity contribution in [2.45, 2.75) is 31.3 Å². The minimum Gasteiger partial charge on any atom is -0.497 e. The van der Waals surface area contributed by atoms with Gasteiger partial charge in [-0.15, -0.1) is 0 Å². The number of hydrogen-bond acceptors (Lipinski definition) is 5. The van der Waals surface area contributed by atoms with Crippen LogP contribution in [0.2, 0.25) is 0 Å². The predicted octanol–water partition coefficient (Wildman–Crippen LogP) is 0.316. The summed E-state index contributed by atoms with van der Waals surface area (Å²) in [6.07, 6.45) is 2.08. The first-order valence-electron chi connectivity index (χ1n) is 8.67. The van der Waals surface area contributed by atoms with Crippen molar-refractivity contribution < 1.29 is 19.1 Å². The number of methoxy groups -OCH3 is 1. The highest BCUT2D eigenvalue weighted by molar-refractivity contribution is 6.09. The van der Waals surface area contributed by atoms with Crippen molar-refractivity contribution in [3.63, 3.8) is 0 Å². The minimum absolute atomic E-state index is 0.101. The normalized spacial score (nSPS) is 23.6. The molecule has 2 unspecified atom stereocenters. The molecule has 4 N–H and O–H groups in total. The molecule has 1 saturated carbocycles. The van der Waals surface area contributed by atoms with Crippen molar-refractivity contribution in [2.75, 3.05) is 20.2 Å². The average molecular weight is 360 g/mol. The summed E-state index contributed by atoms with van der Waals surface area (Å²) in [6.45, 7) is 1.65. The van der Waals surface area contributed by atoms with Gasteiger partial charge >= 0.3 is 6.03 Å². The fourth-order valence-electron chi connectivity index (χ4n) is 3.22. The number of ether oxygens (including phenoxy) is 1. The van der Waals surface area contributed by atoms with Gasteiger partial charge in [-0.2, -0.15) is 0 Å². The molecular weight excluding hydrogens is 336 g/mol. The highest BCUT2D eigenvalue weighted by Gasteiger charge is 2.49. The zero-order valence-electron chi connectivity index (χ0n) is 15.0. The van der Waals surface area contributed by atoms with E-state index in [0.29, 0.717) is 23.8 Å². The Hall–Kier alpha value is -2.61. The van der Waals surface area contributed by atoms with Gasteiger partial charge in [0.25, 0.3) is 5.91 Å². The van der Waals surface area contributed by atoms with E-state index in [0.717, 1.165) is 17.7 Å². The summed E-state index contributed by atoms with van der Waals surface area (Å²) in [4.78, 5) is 38.3. The summed E-state index contributed by atoms with van der Waals surface area (Å²) in [5.41, 5.74) is 5.09. The number of amides is 4. The zero-order valence-corrected chi connectivity index (χ0v) is 15.0. The summed E-state index contributed by atoms with van der Waals surface area (Å²) in [5.74, 6) is 0.211. The van der Waals surface area contributed by atoms with E-state index in [2.05, 4.69) is 10.6 Å². The Morgan fingerprint density at radius 3 is 2.58 bits per heavy atom. The van der Waals surface area contributed by atoms with Crippen LogP contribution in [0, 0.1) is 5.92 Å². The largest absolute Gasteiger partial charge is 0.497 e. The Balaban J connectivity index is 1.70. The Labute approximate surface area is 152 Å². The third kappa shape index (κ3) is 3.37. The minimum atomic E-state index is -1.21. The van der Waals surface area contributed by atoms with Crippen LogP contribution in [-0.4, -0.2) is 49.0 Å². The first-order chi connectivity index (χ1) is 12.4. The summed E-state index contributed by atoms with van der Waals surface area (Å²) in [5, 5.41) is 5.51.